The van der Waals surface area contributed by atoms with E-state index in [2.05, 4.69) is 19.2 Å². The molecule has 0 radical (unpaired) electrons. The lowest BCUT2D eigenvalue weighted by molar-refractivity contribution is -0.124. The molecule has 7 heteroatoms. The number of benzene rings is 1. The van der Waals surface area contributed by atoms with Crippen LogP contribution in [-0.4, -0.2) is 42.3 Å². The summed E-state index contributed by atoms with van der Waals surface area (Å²) in [6.07, 6.45) is 1.73. The normalized spacial score (nSPS) is 20.0. The van der Waals surface area contributed by atoms with Crippen LogP contribution < -0.4 is 5.32 Å². The highest BCUT2D eigenvalue weighted by Crippen LogP contribution is 2.29. The minimum Gasteiger partial charge on any atom is -0.352 e. The molecule has 25 heavy (non-hydrogen) atoms. The van der Waals surface area contributed by atoms with Crippen molar-refractivity contribution >= 4 is 27.7 Å². The van der Waals surface area contributed by atoms with Crippen molar-refractivity contribution in [3.8, 4) is 0 Å². The summed E-state index contributed by atoms with van der Waals surface area (Å²) >= 11 is 1.47. The number of thioether (sulfide) groups is 1. The predicted octanol–water partition coefficient (Wildman–Crippen LogP) is 2.86. The Kier molecular flexibility index (Phi) is 6.93. The van der Waals surface area contributed by atoms with Gasteiger partial charge in [-0.2, -0.15) is 4.31 Å². The third kappa shape index (κ3) is 4.99. The van der Waals surface area contributed by atoms with Crippen molar-refractivity contribution in [2.45, 2.75) is 57.5 Å². The maximum atomic E-state index is 13.0. The van der Waals surface area contributed by atoms with Crippen molar-refractivity contribution in [3.05, 3.63) is 29.8 Å². The Morgan fingerprint density at radius 3 is 2.48 bits per heavy atom. The maximum absolute atomic E-state index is 13.0. The Bertz CT molecular complexity index is 687. The SMILES string of the molecule is CCC(C)NC(=O)C1CSCN1S(=O)(=O)c1ccc(CC(C)C)cc1. The van der Waals surface area contributed by atoms with Gasteiger partial charge in [-0.3, -0.25) is 4.79 Å². The molecule has 0 aromatic heterocycles. The summed E-state index contributed by atoms with van der Waals surface area (Å²) < 4.78 is 27.3. The molecule has 2 unspecified atom stereocenters. The van der Waals surface area contributed by atoms with Gasteiger partial charge in [0.15, 0.2) is 0 Å². The van der Waals surface area contributed by atoms with Crippen LogP contribution >= 0.6 is 11.8 Å². The third-order valence-electron chi connectivity index (χ3n) is 4.32. The van der Waals surface area contributed by atoms with Gasteiger partial charge in [0.05, 0.1) is 10.8 Å². The summed E-state index contributed by atoms with van der Waals surface area (Å²) in [6.45, 7) is 8.17. The van der Waals surface area contributed by atoms with E-state index in [0.29, 0.717) is 17.5 Å². The zero-order valence-electron chi connectivity index (χ0n) is 15.4. The van der Waals surface area contributed by atoms with E-state index >= 15 is 0 Å². The molecule has 1 saturated heterocycles. The van der Waals surface area contributed by atoms with Gasteiger partial charge in [0, 0.05) is 11.8 Å². The molecule has 1 aliphatic heterocycles. The number of sulfonamides is 1. The molecule has 2 rings (SSSR count). The van der Waals surface area contributed by atoms with Crippen LogP contribution in [0.3, 0.4) is 0 Å². The van der Waals surface area contributed by atoms with Gasteiger partial charge in [-0.25, -0.2) is 8.42 Å². The first-order valence-corrected chi connectivity index (χ1v) is 11.3. The van der Waals surface area contributed by atoms with Gasteiger partial charge in [0.1, 0.15) is 6.04 Å². The summed E-state index contributed by atoms with van der Waals surface area (Å²) in [5, 5.41) is 2.90. The average Bonchev–Trinajstić information content (AvgIpc) is 3.05. The van der Waals surface area contributed by atoms with Crippen LogP contribution in [0.5, 0.6) is 0 Å². The Labute approximate surface area is 155 Å². The molecule has 0 aliphatic carbocycles. The minimum absolute atomic E-state index is 0.0398. The number of carbonyl (C=O) groups is 1. The fraction of sp³-hybridized carbons (Fsp3) is 0.611. The fourth-order valence-electron chi connectivity index (χ4n) is 2.72. The summed E-state index contributed by atoms with van der Waals surface area (Å²) in [5.41, 5.74) is 1.12. The summed E-state index contributed by atoms with van der Waals surface area (Å²) in [7, 11) is -3.67. The van der Waals surface area contributed by atoms with Crippen LogP contribution in [-0.2, 0) is 21.2 Å². The van der Waals surface area contributed by atoms with E-state index in [1.165, 1.54) is 16.1 Å². The van der Waals surface area contributed by atoms with Gasteiger partial charge < -0.3 is 5.32 Å². The van der Waals surface area contributed by atoms with Gasteiger partial charge in [0.25, 0.3) is 0 Å². The molecular formula is C18H28N2O3S2. The van der Waals surface area contributed by atoms with Crippen molar-refractivity contribution in [1.82, 2.24) is 9.62 Å². The molecule has 0 spiro atoms. The van der Waals surface area contributed by atoms with Crippen LogP contribution in [0.1, 0.15) is 39.7 Å². The highest BCUT2D eigenvalue weighted by Gasteiger charge is 2.40. The highest BCUT2D eigenvalue weighted by atomic mass is 32.2. The molecule has 1 aliphatic rings. The van der Waals surface area contributed by atoms with Crippen LogP contribution in [0.15, 0.2) is 29.2 Å². The van der Waals surface area contributed by atoms with E-state index in [1.807, 2.05) is 26.0 Å². The second kappa shape index (κ2) is 8.56. The second-order valence-electron chi connectivity index (χ2n) is 6.97. The van der Waals surface area contributed by atoms with E-state index < -0.39 is 16.1 Å². The number of carbonyl (C=O) groups excluding carboxylic acids is 1. The summed E-state index contributed by atoms with van der Waals surface area (Å²) in [6, 6.07) is 6.44. The number of hydrogen-bond donors (Lipinski definition) is 1. The zero-order chi connectivity index (χ0) is 18.6. The fourth-order valence-corrected chi connectivity index (χ4v) is 5.87. The Morgan fingerprint density at radius 1 is 1.28 bits per heavy atom. The first-order chi connectivity index (χ1) is 11.8. The van der Waals surface area contributed by atoms with Gasteiger partial charge >= 0.3 is 0 Å². The minimum atomic E-state index is -3.67. The summed E-state index contributed by atoms with van der Waals surface area (Å²) in [4.78, 5) is 12.7. The molecule has 2 atom stereocenters. The van der Waals surface area contributed by atoms with Gasteiger partial charge in [-0.15, -0.1) is 11.8 Å². The lowest BCUT2D eigenvalue weighted by Gasteiger charge is -2.24. The molecule has 0 saturated carbocycles. The van der Waals surface area contributed by atoms with E-state index in [-0.39, 0.29) is 16.8 Å². The third-order valence-corrected chi connectivity index (χ3v) is 7.36. The Morgan fingerprint density at radius 2 is 1.92 bits per heavy atom. The first-order valence-electron chi connectivity index (χ1n) is 8.74. The number of hydrogen-bond acceptors (Lipinski definition) is 4. The van der Waals surface area contributed by atoms with E-state index in [4.69, 9.17) is 0 Å². The van der Waals surface area contributed by atoms with E-state index in [1.54, 1.807) is 12.1 Å². The Balaban J connectivity index is 2.18. The van der Waals surface area contributed by atoms with Crippen molar-refractivity contribution in [2.24, 2.45) is 5.92 Å². The van der Waals surface area contributed by atoms with Gasteiger partial charge in [-0.05, 0) is 43.4 Å². The van der Waals surface area contributed by atoms with Crippen molar-refractivity contribution in [2.75, 3.05) is 11.6 Å². The van der Waals surface area contributed by atoms with Gasteiger partial charge in [-0.1, -0.05) is 32.9 Å². The van der Waals surface area contributed by atoms with Crippen LogP contribution in [0.2, 0.25) is 0 Å². The maximum Gasteiger partial charge on any atom is 0.244 e. The number of amides is 1. The molecule has 1 N–H and O–H groups in total. The molecule has 1 aromatic carbocycles. The molecule has 1 fully saturated rings. The first kappa shape index (κ1) is 20.3. The van der Waals surface area contributed by atoms with Crippen molar-refractivity contribution in [3.63, 3.8) is 0 Å². The average molecular weight is 385 g/mol. The Hall–Kier alpha value is -1.05. The highest BCUT2D eigenvalue weighted by molar-refractivity contribution is 8.00. The molecular weight excluding hydrogens is 356 g/mol. The largest absolute Gasteiger partial charge is 0.352 e. The molecule has 0 bridgehead atoms. The number of nitrogens with zero attached hydrogens (tertiary/aromatic N) is 1. The quantitative estimate of drug-likeness (QED) is 0.785. The standard InChI is InChI=1S/C18H28N2O3S2/c1-5-14(4)19-18(21)17-11-24-12-20(17)25(22,23)16-8-6-15(7-9-16)10-13(2)3/h6-9,13-14,17H,5,10-12H2,1-4H3,(H,19,21). The number of rotatable bonds is 7. The predicted molar refractivity (Wildman–Crippen MR) is 103 cm³/mol. The van der Waals surface area contributed by atoms with Crippen LogP contribution in [0, 0.1) is 5.92 Å². The molecule has 140 valence electrons. The zero-order valence-corrected chi connectivity index (χ0v) is 17.0. The topological polar surface area (TPSA) is 66.5 Å². The monoisotopic (exact) mass is 384 g/mol. The molecule has 1 amide bonds. The van der Waals surface area contributed by atoms with Crippen LogP contribution in [0.4, 0.5) is 0 Å². The smallest absolute Gasteiger partial charge is 0.244 e. The summed E-state index contributed by atoms with van der Waals surface area (Å²) in [5.74, 6) is 1.12. The second-order valence-corrected chi connectivity index (χ2v) is 9.86. The lowest BCUT2D eigenvalue weighted by Crippen LogP contribution is -2.49. The van der Waals surface area contributed by atoms with Gasteiger partial charge in [0.2, 0.25) is 15.9 Å². The molecule has 1 aromatic rings. The van der Waals surface area contributed by atoms with Crippen LogP contribution in [0.25, 0.3) is 0 Å². The lowest BCUT2D eigenvalue weighted by atomic mass is 10.0. The number of nitrogens with one attached hydrogen (secondary N) is 1. The van der Waals surface area contributed by atoms with E-state index in [0.717, 1.165) is 18.4 Å². The molecule has 5 nitrogen and oxygen atoms in total. The van der Waals surface area contributed by atoms with Crippen molar-refractivity contribution < 1.29 is 13.2 Å². The molecule has 1 heterocycles. The van der Waals surface area contributed by atoms with Crippen molar-refractivity contribution in [1.29, 1.82) is 0 Å². The van der Waals surface area contributed by atoms with E-state index in [9.17, 15) is 13.2 Å².